The first-order valence-corrected chi connectivity index (χ1v) is 6.91. The summed E-state index contributed by atoms with van der Waals surface area (Å²) < 4.78 is 0. The second-order valence-electron chi connectivity index (χ2n) is 7.48. The van der Waals surface area contributed by atoms with E-state index in [1.807, 2.05) is 20.8 Å². The molecule has 0 heterocycles. The summed E-state index contributed by atoms with van der Waals surface area (Å²) in [5, 5.41) is 17.8. The van der Waals surface area contributed by atoms with Crippen molar-refractivity contribution in [2.24, 2.45) is 16.7 Å². The molecule has 116 valence electrons. The van der Waals surface area contributed by atoms with Crippen molar-refractivity contribution < 1.29 is 19.7 Å². The first kappa shape index (κ1) is 18.7. The van der Waals surface area contributed by atoms with Gasteiger partial charge in [-0.3, -0.25) is 9.68 Å². The highest BCUT2D eigenvalue weighted by molar-refractivity contribution is 5.70. The molecular formula is C15H27NO4. The summed E-state index contributed by atoms with van der Waals surface area (Å²) >= 11 is 0. The lowest BCUT2D eigenvalue weighted by Crippen LogP contribution is -2.33. The van der Waals surface area contributed by atoms with E-state index in [-0.39, 0.29) is 10.8 Å². The topological polar surface area (TPSA) is 79.6 Å². The molecular weight excluding hydrogens is 258 g/mol. The maximum Gasteiger partial charge on any atom is 0.324 e. The van der Waals surface area contributed by atoms with E-state index < -0.39 is 18.0 Å². The fourth-order valence-corrected chi connectivity index (χ4v) is 1.98. The van der Waals surface area contributed by atoms with Crippen molar-refractivity contribution in [1.82, 2.24) is 0 Å². The van der Waals surface area contributed by atoms with Crippen LogP contribution in [0.5, 0.6) is 0 Å². The summed E-state index contributed by atoms with van der Waals surface area (Å²) in [7, 11) is 0. The van der Waals surface area contributed by atoms with Gasteiger partial charge in [0, 0.05) is 0 Å². The second-order valence-corrected chi connectivity index (χ2v) is 7.48. The predicted molar refractivity (Wildman–Crippen MR) is 75.5 cm³/mol. The van der Waals surface area contributed by atoms with Crippen LogP contribution in [-0.4, -0.2) is 17.2 Å². The van der Waals surface area contributed by atoms with Crippen molar-refractivity contribution in [3.05, 3.63) is 0 Å². The molecule has 0 aliphatic rings. The van der Waals surface area contributed by atoms with E-state index in [2.05, 4.69) is 25.7 Å². The number of nitrogens with zero attached hydrogens (tertiary/aromatic N) is 1. The summed E-state index contributed by atoms with van der Waals surface area (Å²) in [6, 6.07) is 0. The van der Waals surface area contributed by atoms with Crippen molar-refractivity contribution in [2.45, 2.75) is 66.9 Å². The number of aliphatic carboxylic acids is 1. The lowest BCUT2D eigenvalue weighted by molar-refractivity contribution is -0.280. The van der Waals surface area contributed by atoms with Crippen LogP contribution in [0.3, 0.4) is 0 Å². The average molecular weight is 285 g/mol. The van der Waals surface area contributed by atoms with E-state index in [4.69, 9.17) is 10.1 Å². The number of carboxylic acids is 1. The van der Waals surface area contributed by atoms with E-state index in [9.17, 15) is 9.90 Å². The fraction of sp³-hybridized carbons (Fsp3) is 0.867. The summed E-state index contributed by atoms with van der Waals surface area (Å²) in [6.07, 6.45) is 2.92. The zero-order valence-electron chi connectivity index (χ0n) is 13.4. The molecule has 0 aromatic rings. The molecule has 0 amide bonds. The van der Waals surface area contributed by atoms with Gasteiger partial charge in [0.25, 0.3) is 0 Å². The summed E-state index contributed by atoms with van der Waals surface area (Å²) in [5.41, 5.74) is -0.253. The minimum Gasteiger partial charge on any atom is -0.481 e. The zero-order chi connectivity index (χ0) is 16.0. The molecule has 2 atom stereocenters. The van der Waals surface area contributed by atoms with Gasteiger partial charge in [-0.25, -0.2) is 0 Å². The third-order valence-corrected chi connectivity index (χ3v) is 3.28. The number of carbonyl (C=O) groups is 1. The van der Waals surface area contributed by atoms with Crippen LogP contribution in [0, 0.1) is 28.3 Å². The Labute approximate surface area is 121 Å². The van der Waals surface area contributed by atoms with Crippen LogP contribution in [0.4, 0.5) is 0 Å². The van der Waals surface area contributed by atoms with E-state index >= 15 is 0 Å². The van der Waals surface area contributed by atoms with E-state index in [0.717, 1.165) is 6.42 Å². The van der Waals surface area contributed by atoms with Gasteiger partial charge in [-0.2, -0.15) is 4.89 Å². The van der Waals surface area contributed by atoms with E-state index in [0.29, 0.717) is 12.8 Å². The Morgan fingerprint density at radius 3 is 2.15 bits per heavy atom. The molecule has 0 aromatic heterocycles. The Hall–Kier alpha value is -1.28. The molecule has 0 aliphatic carbocycles. The largest absolute Gasteiger partial charge is 0.481 e. The monoisotopic (exact) mass is 285 g/mol. The van der Waals surface area contributed by atoms with Gasteiger partial charge in [-0.1, -0.05) is 41.5 Å². The Kier molecular flexibility index (Phi) is 7.01. The minimum atomic E-state index is -0.848. The van der Waals surface area contributed by atoms with Gasteiger partial charge in [-0.15, -0.1) is 5.26 Å². The third kappa shape index (κ3) is 8.00. The summed E-state index contributed by atoms with van der Waals surface area (Å²) in [6.45, 7) is 12.0. The van der Waals surface area contributed by atoms with Crippen LogP contribution >= 0.6 is 0 Å². The Morgan fingerprint density at radius 2 is 1.80 bits per heavy atom. The van der Waals surface area contributed by atoms with Crippen molar-refractivity contribution in [3.63, 3.8) is 0 Å². The molecule has 0 saturated heterocycles. The molecule has 0 spiro atoms. The summed E-state index contributed by atoms with van der Waals surface area (Å²) in [4.78, 5) is 20.8. The molecule has 5 heteroatoms. The first-order chi connectivity index (χ1) is 8.97. The van der Waals surface area contributed by atoms with Crippen LogP contribution in [0.25, 0.3) is 0 Å². The number of carboxylic acid groups (broad SMARTS) is 1. The van der Waals surface area contributed by atoms with Gasteiger partial charge in [0.05, 0.1) is 5.92 Å². The lowest BCUT2D eigenvalue weighted by Gasteiger charge is -2.30. The number of nitriles is 1. The highest BCUT2D eigenvalue weighted by Gasteiger charge is 2.34. The number of hydrogen-bond donors (Lipinski definition) is 1. The molecule has 0 fully saturated rings. The zero-order valence-corrected chi connectivity index (χ0v) is 13.4. The molecule has 0 aliphatic heterocycles. The highest BCUT2D eigenvalue weighted by atomic mass is 17.2. The molecule has 20 heavy (non-hydrogen) atoms. The Bertz CT molecular complexity index is 346. The van der Waals surface area contributed by atoms with Crippen LogP contribution in [0.1, 0.15) is 60.8 Å². The molecule has 0 rings (SSSR count). The smallest absolute Gasteiger partial charge is 0.324 e. The Morgan fingerprint density at radius 1 is 1.25 bits per heavy atom. The van der Waals surface area contributed by atoms with Crippen molar-refractivity contribution in [3.8, 4) is 6.26 Å². The van der Waals surface area contributed by atoms with E-state index in [1.165, 1.54) is 6.26 Å². The van der Waals surface area contributed by atoms with Crippen molar-refractivity contribution in [1.29, 1.82) is 5.26 Å². The predicted octanol–water partition coefficient (Wildman–Crippen LogP) is 3.75. The van der Waals surface area contributed by atoms with Gasteiger partial charge >= 0.3 is 12.2 Å². The standard InChI is InChI=1S/C15H27NO4/c1-14(2,3)8-7-11(20-19-10-16)9-12(13(17)18)15(4,5)6/h11-12H,7-9H2,1-6H3,(H,17,18). The van der Waals surface area contributed by atoms with Gasteiger partial charge in [0.2, 0.25) is 0 Å². The quantitative estimate of drug-likeness (QED) is 0.438. The summed E-state index contributed by atoms with van der Waals surface area (Å²) in [5.74, 6) is -1.39. The molecule has 0 radical (unpaired) electrons. The van der Waals surface area contributed by atoms with Crippen LogP contribution in [0.15, 0.2) is 0 Å². The first-order valence-electron chi connectivity index (χ1n) is 6.91. The van der Waals surface area contributed by atoms with Crippen LogP contribution in [-0.2, 0) is 14.6 Å². The fourth-order valence-electron chi connectivity index (χ4n) is 1.98. The molecule has 2 unspecified atom stereocenters. The van der Waals surface area contributed by atoms with Crippen molar-refractivity contribution >= 4 is 5.97 Å². The van der Waals surface area contributed by atoms with Crippen LogP contribution < -0.4 is 0 Å². The van der Waals surface area contributed by atoms with Gasteiger partial charge in [0.15, 0.2) is 0 Å². The van der Waals surface area contributed by atoms with Gasteiger partial charge in [0.1, 0.15) is 6.10 Å². The molecule has 5 nitrogen and oxygen atoms in total. The molecule has 0 bridgehead atoms. The molecule has 0 saturated carbocycles. The molecule has 1 N–H and O–H groups in total. The SMILES string of the molecule is CC(C)(C)CCC(CC(C(=O)O)C(C)(C)C)OOC#N. The molecule has 0 aromatic carbocycles. The maximum atomic E-state index is 11.4. The third-order valence-electron chi connectivity index (χ3n) is 3.28. The number of rotatable bonds is 7. The minimum absolute atomic E-state index is 0.120. The normalized spacial score (nSPS) is 15.2. The lowest BCUT2D eigenvalue weighted by atomic mass is 9.76. The Balaban J connectivity index is 4.77. The number of hydrogen-bond acceptors (Lipinski definition) is 4. The van der Waals surface area contributed by atoms with Gasteiger partial charge < -0.3 is 5.11 Å². The second kappa shape index (κ2) is 7.49. The maximum absolute atomic E-state index is 11.4. The average Bonchev–Trinajstić information content (AvgIpc) is 2.24. The van der Waals surface area contributed by atoms with Gasteiger partial charge in [-0.05, 0) is 30.1 Å². The van der Waals surface area contributed by atoms with Crippen LogP contribution in [0.2, 0.25) is 0 Å². The van der Waals surface area contributed by atoms with Crippen molar-refractivity contribution in [2.75, 3.05) is 0 Å². The van der Waals surface area contributed by atoms with E-state index in [1.54, 1.807) is 0 Å². The highest BCUT2D eigenvalue weighted by Crippen LogP contribution is 2.33.